The van der Waals surface area contributed by atoms with Crippen molar-refractivity contribution in [2.24, 2.45) is 5.41 Å². The van der Waals surface area contributed by atoms with E-state index in [0.717, 1.165) is 34.6 Å². The van der Waals surface area contributed by atoms with Crippen LogP contribution in [0.25, 0.3) is 6.08 Å². The van der Waals surface area contributed by atoms with Gasteiger partial charge in [-0.2, -0.15) is 5.26 Å². The number of nitrogens with zero attached hydrogens (tertiary/aromatic N) is 2. The molecule has 4 rings (SSSR count). The number of hydrogen-bond donors (Lipinski definition) is 2. The molecule has 1 aliphatic carbocycles. The molecule has 36 heavy (non-hydrogen) atoms. The Morgan fingerprint density at radius 1 is 0.861 bits per heavy atom. The van der Waals surface area contributed by atoms with Crippen molar-refractivity contribution in [2.75, 3.05) is 4.90 Å². The Morgan fingerprint density at radius 2 is 1.39 bits per heavy atom. The van der Waals surface area contributed by atoms with Crippen LogP contribution in [0.2, 0.25) is 0 Å². The minimum atomic E-state index is -4.63. The molecule has 182 valence electrons. The lowest BCUT2D eigenvalue weighted by Gasteiger charge is -2.31. The van der Waals surface area contributed by atoms with Gasteiger partial charge in [-0.25, -0.2) is 0 Å². The number of nitriles is 1. The number of benzene rings is 3. The van der Waals surface area contributed by atoms with Crippen LogP contribution in [0.3, 0.4) is 0 Å². The second-order valence-electron chi connectivity index (χ2n) is 9.70. The van der Waals surface area contributed by atoms with Gasteiger partial charge in [-0.3, -0.25) is 4.57 Å². The summed E-state index contributed by atoms with van der Waals surface area (Å²) in [6, 6.07) is 30.4. The van der Waals surface area contributed by atoms with Crippen molar-refractivity contribution in [3.05, 3.63) is 119 Å². The largest absolute Gasteiger partial charge is 0.366 e. The van der Waals surface area contributed by atoms with E-state index in [-0.39, 0.29) is 5.41 Å². The third kappa shape index (κ3) is 6.11. The van der Waals surface area contributed by atoms with Gasteiger partial charge in [0, 0.05) is 17.1 Å². The average Bonchev–Trinajstić information content (AvgIpc) is 2.84. The van der Waals surface area contributed by atoms with Crippen LogP contribution >= 0.6 is 7.60 Å². The van der Waals surface area contributed by atoms with Crippen LogP contribution < -0.4 is 4.90 Å². The summed E-state index contributed by atoms with van der Waals surface area (Å²) in [6.45, 7) is 4.08. The first kappa shape index (κ1) is 25.4. The predicted molar refractivity (Wildman–Crippen MR) is 146 cm³/mol. The fourth-order valence-corrected chi connectivity index (χ4v) is 5.23. The fourth-order valence-electron chi connectivity index (χ4n) is 4.58. The maximum Gasteiger partial charge on any atom is 0.366 e. The monoisotopic (exact) mass is 496 g/mol. The van der Waals surface area contributed by atoms with Gasteiger partial charge >= 0.3 is 7.60 Å². The molecule has 0 aliphatic heterocycles. The first-order valence-electron chi connectivity index (χ1n) is 11.7. The smallest absolute Gasteiger partial charge is 0.321 e. The van der Waals surface area contributed by atoms with Crippen LogP contribution in [0.4, 0.5) is 17.1 Å². The number of allylic oxidation sites excluding steroid dienone is 5. The Hall–Kier alpha value is -3.68. The normalized spacial score (nSPS) is 16.8. The van der Waals surface area contributed by atoms with Crippen molar-refractivity contribution in [3.63, 3.8) is 0 Å². The molecule has 0 aromatic heterocycles. The van der Waals surface area contributed by atoms with Gasteiger partial charge < -0.3 is 14.7 Å². The first-order chi connectivity index (χ1) is 17.2. The molecule has 6 heteroatoms. The Kier molecular flexibility index (Phi) is 7.43. The van der Waals surface area contributed by atoms with Crippen molar-refractivity contribution >= 4 is 30.7 Å². The number of para-hydroxylation sites is 2. The van der Waals surface area contributed by atoms with E-state index in [1.54, 1.807) is 12.1 Å². The quantitative estimate of drug-likeness (QED) is 0.268. The molecular formula is C30H29N2O3P. The van der Waals surface area contributed by atoms with E-state index in [9.17, 15) is 19.6 Å². The maximum absolute atomic E-state index is 11.8. The lowest BCUT2D eigenvalue weighted by Crippen LogP contribution is -2.17. The van der Waals surface area contributed by atoms with Crippen molar-refractivity contribution in [1.29, 1.82) is 5.26 Å². The second kappa shape index (κ2) is 10.5. The third-order valence-electron chi connectivity index (χ3n) is 6.08. The SMILES string of the molecule is CC1(C)CC(/C=C/c2ccc(N(c3ccccc3)c3ccccc3)cc2)=CC(=C(/C#N)P(=O)(O)O)/C1. The van der Waals surface area contributed by atoms with Gasteiger partial charge in [-0.05, 0) is 71.4 Å². The predicted octanol–water partition coefficient (Wildman–Crippen LogP) is 7.87. The van der Waals surface area contributed by atoms with Crippen LogP contribution in [0.15, 0.2) is 114 Å². The molecule has 5 nitrogen and oxygen atoms in total. The Labute approximate surface area is 212 Å². The molecule has 3 aromatic rings. The molecule has 0 saturated heterocycles. The van der Waals surface area contributed by atoms with E-state index in [1.807, 2.05) is 74.5 Å². The highest BCUT2D eigenvalue weighted by Crippen LogP contribution is 2.50. The molecule has 0 bridgehead atoms. The van der Waals surface area contributed by atoms with Gasteiger partial charge in [-0.1, -0.05) is 80.6 Å². The van der Waals surface area contributed by atoms with Crippen LogP contribution in [0.1, 0.15) is 32.3 Å². The standard InChI is InChI=1S/C30H29N2O3P/c1-30(2)20-24(19-25(21-30)29(22-31)36(33,34)35)14-13-23-15-17-28(18-16-23)32(26-9-5-3-6-10-26)27-11-7-4-8-12-27/h3-19H,20-21H2,1-2H3,(H2,33,34,35)/b14-13+,29-25+. The van der Waals surface area contributed by atoms with Crippen LogP contribution in [0, 0.1) is 16.7 Å². The highest BCUT2D eigenvalue weighted by atomic mass is 31.2. The van der Waals surface area contributed by atoms with Gasteiger partial charge in [0.1, 0.15) is 11.4 Å². The summed E-state index contributed by atoms with van der Waals surface area (Å²) in [5.74, 6) is 0. The summed E-state index contributed by atoms with van der Waals surface area (Å²) in [5.41, 5.74) is 5.31. The van der Waals surface area contributed by atoms with Crippen molar-refractivity contribution in [2.45, 2.75) is 26.7 Å². The van der Waals surface area contributed by atoms with E-state index < -0.39 is 12.9 Å². The summed E-state index contributed by atoms with van der Waals surface area (Å²) < 4.78 is 11.8. The van der Waals surface area contributed by atoms with Gasteiger partial charge in [-0.15, -0.1) is 0 Å². The summed E-state index contributed by atoms with van der Waals surface area (Å²) in [7, 11) is -4.63. The van der Waals surface area contributed by atoms with Crippen LogP contribution in [-0.4, -0.2) is 9.79 Å². The van der Waals surface area contributed by atoms with Gasteiger partial charge in [0.05, 0.1) is 0 Å². The maximum atomic E-state index is 11.8. The zero-order chi connectivity index (χ0) is 25.8. The molecule has 1 aliphatic rings. The second-order valence-corrected chi connectivity index (χ2v) is 11.2. The first-order valence-corrected chi connectivity index (χ1v) is 13.4. The summed E-state index contributed by atoms with van der Waals surface area (Å²) in [5, 5.41) is 8.92. The minimum absolute atomic E-state index is 0.212. The molecule has 0 atom stereocenters. The lowest BCUT2D eigenvalue weighted by molar-refractivity contribution is 0.352. The zero-order valence-electron chi connectivity index (χ0n) is 20.4. The number of rotatable bonds is 6. The van der Waals surface area contributed by atoms with Crippen molar-refractivity contribution in [1.82, 2.24) is 0 Å². The van der Waals surface area contributed by atoms with E-state index in [4.69, 9.17) is 0 Å². The van der Waals surface area contributed by atoms with E-state index in [0.29, 0.717) is 12.0 Å². The van der Waals surface area contributed by atoms with Crippen LogP contribution in [0.5, 0.6) is 0 Å². The van der Waals surface area contributed by atoms with Crippen molar-refractivity contribution < 1.29 is 14.4 Å². The number of hydrogen-bond acceptors (Lipinski definition) is 3. The van der Waals surface area contributed by atoms with Gasteiger partial charge in [0.25, 0.3) is 0 Å². The summed E-state index contributed by atoms with van der Waals surface area (Å²) in [4.78, 5) is 21.4. The molecule has 0 heterocycles. The topological polar surface area (TPSA) is 84.6 Å². The van der Waals surface area contributed by atoms with Crippen LogP contribution in [-0.2, 0) is 4.57 Å². The van der Waals surface area contributed by atoms with Crippen molar-refractivity contribution in [3.8, 4) is 6.07 Å². The molecule has 0 amide bonds. The Bertz CT molecular complexity index is 1350. The average molecular weight is 497 g/mol. The Balaban J connectivity index is 1.63. The number of anilines is 3. The molecule has 2 N–H and O–H groups in total. The third-order valence-corrected chi connectivity index (χ3v) is 7.05. The molecule has 3 aromatic carbocycles. The summed E-state index contributed by atoms with van der Waals surface area (Å²) in [6.07, 6.45) is 6.91. The Morgan fingerprint density at radius 3 is 1.89 bits per heavy atom. The summed E-state index contributed by atoms with van der Waals surface area (Å²) >= 11 is 0. The van der Waals surface area contributed by atoms with Gasteiger partial charge in [0.2, 0.25) is 0 Å². The molecule has 0 unspecified atom stereocenters. The van der Waals surface area contributed by atoms with E-state index in [1.165, 1.54) is 0 Å². The molecule has 0 spiro atoms. The molecule has 0 fully saturated rings. The van der Waals surface area contributed by atoms with E-state index in [2.05, 4.69) is 41.3 Å². The highest BCUT2D eigenvalue weighted by molar-refractivity contribution is 7.57. The fraction of sp³-hybridized carbons (Fsp3) is 0.167. The molecular weight excluding hydrogens is 467 g/mol. The highest BCUT2D eigenvalue weighted by Gasteiger charge is 2.31. The zero-order valence-corrected chi connectivity index (χ0v) is 21.3. The lowest BCUT2D eigenvalue weighted by atomic mass is 9.75. The minimum Gasteiger partial charge on any atom is -0.321 e. The molecule has 0 saturated carbocycles. The van der Waals surface area contributed by atoms with E-state index >= 15 is 0 Å². The van der Waals surface area contributed by atoms with Gasteiger partial charge in [0.15, 0.2) is 0 Å². The molecule has 0 radical (unpaired) electrons.